The molecule has 5 nitrogen and oxygen atoms in total. The number of carbonyl (C=O) groups is 2. The molecule has 5 heteroatoms. The van der Waals surface area contributed by atoms with E-state index in [-0.39, 0.29) is 17.6 Å². The zero-order valence-electron chi connectivity index (χ0n) is 19.9. The maximum Gasteiger partial charge on any atom is 0.260 e. The van der Waals surface area contributed by atoms with Gasteiger partial charge in [0.15, 0.2) is 0 Å². The summed E-state index contributed by atoms with van der Waals surface area (Å²) in [6.45, 7) is 7.83. The molecule has 0 radical (unpaired) electrons. The highest BCUT2D eigenvalue weighted by atomic mass is 16.3. The highest BCUT2D eigenvalue weighted by Gasteiger charge is 2.66. The number of benzene rings is 3. The quantitative estimate of drug-likeness (QED) is 0.485. The molecular formula is C30H28N2O3. The molecule has 2 amide bonds. The van der Waals surface area contributed by atoms with E-state index in [0.29, 0.717) is 23.2 Å². The number of phenols is 1. The molecule has 0 aromatic heterocycles. The number of hydrogen-bond donors (Lipinski definition) is 2. The molecule has 1 aliphatic carbocycles. The molecule has 3 aromatic carbocycles. The first kappa shape index (κ1) is 22.7. The molecule has 176 valence electrons. The van der Waals surface area contributed by atoms with Gasteiger partial charge in [-0.3, -0.25) is 15.0 Å². The van der Waals surface area contributed by atoms with E-state index in [1.165, 1.54) is 5.01 Å². The second-order valence-corrected chi connectivity index (χ2v) is 9.33. The predicted octanol–water partition coefficient (Wildman–Crippen LogP) is 5.56. The predicted molar refractivity (Wildman–Crippen MR) is 137 cm³/mol. The van der Waals surface area contributed by atoms with E-state index in [2.05, 4.69) is 12.0 Å². The summed E-state index contributed by atoms with van der Waals surface area (Å²) in [7, 11) is 0. The van der Waals surface area contributed by atoms with Crippen molar-refractivity contribution >= 4 is 17.5 Å². The number of hydrazine groups is 1. The van der Waals surface area contributed by atoms with Crippen molar-refractivity contribution in [3.8, 4) is 5.75 Å². The summed E-state index contributed by atoms with van der Waals surface area (Å²) in [6.07, 6.45) is 4.11. The Morgan fingerprint density at radius 2 is 1.71 bits per heavy atom. The number of hydrogen-bond acceptors (Lipinski definition) is 4. The number of carbonyl (C=O) groups excluding carboxylic acids is 2. The van der Waals surface area contributed by atoms with Crippen LogP contribution in [0.25, 0.3) is 0 Å². The summed E-state index contributed by atoms with van der Waals surface area (Å²) in [5.74, 6) is -1.70. The summed E-state index contributed by atoms with van der Waals surface area (Å²) in [6, 6.07) is 22.6. The molecule has 35 heavy (non-hydrogen) atoms. The fraction of sp³-hybridized carbons (Fsp3) is 0.200. The van der Waals surface area contributed by atoms with Gasteiger partial charge < -0.3 is 5.11 Å². The summed E-state index contributed by atoms with van der Waals surface area (Å²) in [5, 5.41) is 12.3. The Bertz CT molecular complexity index is 1340. The number of nitrogens with one attached hydrogen (secondary N) is 1. The van der Waals surface area contributed by atoms with Gasteiger partial charge >= 0.3 is 0 Å². The lowest BCUT2D eigenvalue weighted by Crippen LogP contribution is -2.48. The van der Waals surface area contributed by atoms with Crippen molar-refractivity contribution in [2.75, 3.05) is 5.43 Å². The lowest BCUT2D eigenvalue weighted by Gasteiger charge is -2.43. The van der Waals surface area contributed by atoms with Crippen LogP contribution < -0.4 is 5.43 Å². The van der Waals surface area contributed by atoms with E-state index in [4.69, 9.17) is 0 Å². The Morgan fingerprint density at radius 1 is 1.00 bits per heavy atom. The van der Waals surface area contributed by atoms with Gasteiger partial charge in [-0.1, -0.05) is 85.0 Å². The minimum Gasteiger partial charge on any atom is -0.507 e. The van der Waals surface area contributed by atoms with Crippen molar-refractivity contribution in [3.05, 3.63) is 119 Å². The molecule has 2 aliphatic rings. The van der Waals surface area contributed by atoms with Crippen LogP contribution in [0.2, 0.25) is 0 Å². The van der Waals surface area contributed by atoms with Crippen molar-refractivity contribution in [2.45, 2.75) is 31.6 Å². The van der Waals surface area contributed by atoms with Gasteiger partial charge in [0.1, 0.15) is 5.75 Å². The molecule has 3 atom stereocenters. The molecule has 3 unspecified atom stereocenters. The molecule has 1 heterocycles. The van der Waals surface area contributed by atoms with Crippen molar-refractivity contribution < 1.29 is 14.7 Å². The zero-order chi connectivity index (χ0) is 24.7. The summed E-state index contributed by atoms with van der Waals surface area (Å²) < 4.78 is 0. The van der Waals surface area contributed by atoms with Crippen LogP contribution in [0, 0.1) is 19.8 Å². The SMILES string of the molecule is C=CC1=CCC2C(=O)N(Nc3ccc(C)cc3)C(=O)C2(c2ccccc2)C1c1cccc(C)c1O. The van der Waals surface area contributed by atoms with Crippen LogP contribution in [0.4, 0.5) is 5.69 Å². The van der Waals surface area contributed by atoms with Crippen molar-refractivity contribution in [1.82, 2.24) is 5.01 Å². The van der Waals surface area contributed by atoms with Gasteiger partial charge in [-0.25, -0.2) is 0 Å². The number of anilines is 1. The maximum absolute atomic E-state index is 14.5. The molecule has 0 bridgehead atoms. The number of amides is 2. The van der Waals surface area contributed by atoms with Gasteiger partial charge in [0, 0.05) is 11.5 Å². The van der Waals surface area contributed by atoms with Crippen molar-refractivity contribution in [1.29, 1.82) is 0 Å². The third kappa shape index (κ3) is 3.38. The number of allylic oxidation sites excluding steroid dienone is 3. The number of aromatic hydroxyl groups is 1. The highest BCUT2D eigenvalue weighted by molar-refractivity contribution is 6.12. The van der Waals surface area contributed by atoms with E-state index in [0.717, 1.165) is 16.7 Å². The van der Waals surface area contributed by atoms with E-state index < -0.39 is 17.3 Å². The van der Waals surface area contributed by atoms with E-state index in [1.54, 1.807) is 6.08 Å². The largest absolute Gasteiger partial charge is 0.507 e. The van der Waals surface area contributed by atoms with Crippen LogP contribution in [0.1, 0.15) is 34.6 Å². The van der Waals surface area contributed by atoms with Gasteiger partial charge in [-0.2, -0.15) is 5.01 Å². The topological polar surface area (TPSA) is 69.6 Å². The molecule has 3 aromatic rings. The Kier molecular flexibility index (Phi) is 5.56. The summed E-state index contributed by atoms with van der Waals surface area (Å²) in [5.41, 5.74) is 6.47. The van der Waals surface area contributed by atoms with Crippen LogP contribution in [-0.2, 0) is 15.0 Å². The molecule has 5 rings (SSSR count). The molecule has 1 saturated heterocycles. The Hall–Kier alpha value is -4.12. The van der Waals surface area contributed by atoms with Crippen LogP contribution in [0.3, 0.4) is 0 Å². The molecule has 1 aliphatic heterocycles. The Labute approximate surface area is 205 Å². The lowest BCUT2D eigenvalue weighted by molar-refractivity contribution is -0.138. The molecule has 2 N–H and O–H groups in total. The van der Waals surface area contributed by atoms with Gasteiger partial charge in [-0.15, -0.1) is 0 Å². The fourth-order valence-electron chi connectivity index (χ4n) is 5.64. The molecule has 1 fully saturated rings. The van der Waals surface area contributed by atoms with E-state index in [9.17, 15) is 14.7 Å². The van der Waals surface area contributed by atoms with Gasteiger partial charge in [0.2, 0.25) is 0 Å². The third-order valence-electron chi connectivity index (χ3n) is 7.36. The minimum atomic E-state index is -1.24. The Balaban J connectivity index is 1.74. The normalized spacial score (nSPS) is 23.6. The van der Waals surface area contributed by atoms with Crippen LogP contribution >= 0.6 is 0 Å². The first-order valence-corrected chi connectivity index (χ1v) is 11.8. The zero-order valence-corrected chi connectivity index (χ0v) is 19.9. The number of para-hydroxylation sites is 1. The first-order chi connectivity index (χ1) is 16.9. The maximum atomic E-state index is 14.5. The van der Waals surface area contributed by atoms with Gasteiger partial charge in [0.25, 0.3) is 11.8 Å². The van der Waals surface area contributed by atoms with E-state index in [1.807, 2.05) is 92.7 Å². The summed E-state index contributed by atoms with van der Waals surface area (Å²) >= 11 is 0. The van der Waals surface area contributed by atoms with Crippen LogP contribution in [0.5, 0.6) is 5.75 Å². The molecule has 0 spiro atoms. The average Bonchev–Trinajstić information content (AvgIpc) is 3.09. The van der Waals surface area contributed by atoms with Crippen LogP contribution in [0.15, 0.2) is 97.1 Å². The third-order valence-corrected chi connectivity index (χ3v) is 7.36. The molecule has 0 saturated carbocycles. The minimum absolute atomic E-state index is 0.131. The van der Waals surface area contributed by atoms with Gasteiger partial charge in [0.05, 0.1) is 17.0 Å². The standard InChI is InChI=1S/C30H28N2O3/c1-4-21-15-18-25-28(34)32(31-23-16-13-19(2)14-17-23)29(35)30(25,22-10-6-5-7-11-22)26(21)24-12-8-9-20(3)27(24)33/h4-17,25-26,31,33H,1,18H2,2-3H3. The van der Waals surface area contributed by atoms with Crippen LogP contribution in [-0.4, -0.2) is 21.9 Å². The smallest absolute Gasteiger partial charge is 0.260 e. The van der Waals surface area contributed by atoms with Gasteiger partial charge in [-0.05, 0) is 49.1 Å². The first-order valence-electron chi connectivity index (χ1n) is 11.8. The number of fused-ring (bicyclic) bond motifs is 1. The second-order valence-electron chi connectivity index (χ2n) is 9.33. The number of rotatable bonds is 5. The lowest BCUT2D eigenvalue weighted by atomic mass is 9.56. The number of phenolic OH excluding ortho intramolecular Hbond substituents is 1. The highest BCUT2D eigenvalue weighted by Crippen LogP contribution is 2.58. The second kappa shape index (κ2) is 8.58. The monoisotopic (exact) mass is 464 g/mol. The van der Waals surface area contributed by atoms with Crippen molar-refractivity contribution in [2.24, 2.45) is 5.92 Å². The fourth-order valence-corrected chi connectivity index (χ4v) is 5.64. The average molecular weight is 465 g/mol. The van der Waals surface area contributed by atoms with E-state index >= 15 is 0 Å². The number of nitrogens with zero attached hydrogens (tertiary/aromatic N) is 1. The number of imide groups is 1. The molecular weight excluding hydrogens is 436 g/mol. The van der Waals surface area contributed by atoms with Crippen molar-refractivity contribution in [3.63, 3.8) is 0 Å². The number of aryl methyl sites for hydroxylation is 2. The Morgan fingerprint density at radius 3 is 2.40 bits per heavy atom. The summed E-state index contributed by atoms with van der Waals surface area (Å²) in [4.78, 5) is 28.3.